The van der Waals surface area contributed by atoms with Crippen LogP contribution in [-0.4, -0.2) is 48.1 Å². The van der Waals surface area contributed by atoms with Gasteiger partial charge in [0.05, 0.1) is 24.2 Å². The second kappa shape index (κ2) is 14.0. The molecule has 2 amide bonds. The molecule has 4 atom stereocenters. The molecule has 1 fully saturated rings. The number of benzene rings is 2. The number of fused-ring (bicyclic) bond motifs is 3. The fourth-order valence-corrected chi connectivity index (χ4v) is 8.21. The fraction of sp³-hybridized carbons (Fsp3) is 0.576. The molecule has 1 aliphatic carbocycles. The van der Waals surface area contributed by atoms with E-state index < -0.39 is 15.8 Å². The molecular weight excluding hydrogens is 550 g/mol. The lowest BCUT2D eigenvalue weighted by Gasteiger charge is -2.44. The minimum atomic E-state index is -3.26. The highest BCUT2D eigenvalue weighted by Crippen LogP contribution is 2.42. The number of anilines is 1. The molecule has 2 heterocycles. The minimum Gasteiger partial charge on any atom is -0.491 e. The Hall–Kier alpha value is -2.91. The molecule has 42 heavy (non-hydrogen) atoms. The van der Waals surface area contributed by atoms with E-state index in [0.717, 1.165) is 69.3 Å². The van der Waals surface area contributed by atoms with Gasteiger partial charge in [-0.3, -0.25) is 14.3 Å². The predicted octanol–water partition coefficient (Wildman–Crippen LogP) is 6.07. The maximum atomic E-state index is 13.8. The molecule has 0 aromatic heterocycles. The number of rotatable bonds is 3. The van der Waals surface area contributed by atoms with E-state index in [2.05, 4.69) is 38.3 Å². The standard InChI is InChI=1S/C33H45N3O5S/c1-3-32(37)34-42(39)20-10-4-5-14-30(40-2)28-17-15-27(28)23-36-22-26-13-7-6-11-24(26)12-8-9-19-41-31-18-16-25(21-29(31)36)33(38)35-42/h6-7,11,13,16,18,21,27-28,30H,3-5,8-10,12,14-15,17,19-20,22-23H2,1-2H3,(H,34,35,37,38,39)/t27-,28+,30-,42-/m0/s1. The van der Waals surface area contributed by atoms with E-state index in [1.807, 2.05) is 19.2 Å². The molecule has 1 saturated carbocycles. The molecule has 228 valence electrons. The summed E-state index contributed by atoms with van der Waals surface area (Å²) in [6.07, 6.45) is 8.91. The number of carbonyl (C=O) groups is 2. The summed E-state index contributed by atoms with van der Waals surface area (Å²) in [7, 11) is -1.44. The summed E-state index contributed by atoms with van der Waals surface area (Å²) in [6.45, 7) is 3.82. The van der Waals surface area contributed by atoms with Crippen molar-refractivity contribution in [1.29, 1.82) is 0 Å². The normalized spacial score (nSPS) is 27.1. The molecule has 0 spiro atoms. The molecule has 9 heteroatoms. The van der Waals surface area contributed by atoms with Gasteiger partial charge in [0, 0.05) is 32.2 Å². The second-order valence-corrected chi connectivity index (χ2v) is 14.0. The van der Waals surface area contributed by atoms with Crippen molar-refractivity contribution in [2.75, 3.05) is 30.9 Å². The van der Waals surface area contributed by atoms with Crippen LogP contribution < -0.4 is 14.4 Å². The van der Waals surface area contributed by atoms with Gasteiger partial charge >= 0.3 is 0 Å². The highest BCUT2D eigenvalue weighted by Gasteiger charge is 2.38. The number of aryl methyl sites for hydroxylation is 1. The van der Waals surface area contributed by atoms with Gasteiger partial charge in [0.15, 0.2) is 0 Å². The SMILES string of the molecule is CCC(=O)N[S@]1(=O)=NC(=O)c2ccc3c(c2)N(Cc2ccccc2CCCCO3)C[C@@H]2CC[C@H]2[C@@H](OC)CCCCC1. The van der Waals surface area contributed by atoms with Crippen LogP contribution in [0.2, 0.25) is 0 Å². The van der Waals surface area contributed by atoms with E-state index in [9.17, 15) is 13.8 Å². The van der Waals surface area contributed by atoms with Crippen molar-refractivity contribution in [3.8, 4) is 5.75 Å². The molecule has 3 aliphatic rings. The lowest BCUT2D eigenvalue weighted by Crippen LogP contribution is -2.44. The summed E-state index contributed by atoms with van der Waals surface area (Å²) in [4.78, 5) is 28.2. The summed E-state index contributed by atoms with van der Waals surface area (Å²) in [5.74, 6) is 0.869. The van der Waals surface area contributed by atoms with Gasteiger partial charge in [-0.15, -0.1) is 4.36 Å². The smallest absolute Gasteiger partial charge is 0.286 e. The largest absolute Gasteiger partial charge is 0.491 e. The maximum absolute atomic E-state index is 13.8. The Morgan fingerprint density at radius 3 is 2.67 bits per heavy atom. The molecule has 2 aliphatic heterocycles. The van der Waals surface area contributed by atoms with Gasteiger partial charge in [0.2, 0.25) is 5.91 Å². The number of nitrogens with zero attached hydrogens (tertiary/aromatic N) is 2. The van der Waals surface area contributed by atoms with Crippen molar-refractivity contribution in [1.82, 2.24) is 4.72 Å². The zero-order valence-corrected chi connectivity index (χ0v) is 25.8. The third-order valence-corrected chi connectivity index (χ3v) is 10.9. The van der Waals surface area contributed by atoms with E-state index in [4.69, 9.17) is 9.47 Å². The Kier molecular flexibility index (Phi) is 10.2. The number of methoxy groups -OCH3 is 1. The number of amides is 2. The first-order chi connectivity index (χ1) is 20.4. The lowest BCUT2D eigenvalue weighted by molar-refractivity contribution is -0.118. The van der Waals surface area contributed by atoms with Gasteiger partial charge in [-0.2, -0.15) is 0 Å². The van der Waals surface area contributed by atoms with Crippen molar-refractivity contribution in [3.05, 3.63) is 59.2 Å². The number of hydrogen-bond acceptors (Lipinski definition) is 6. The van der Waals surface area contributed by atoms with Crippen molar-refractivity contribution in [3.63, 3.8) is 0 Å². The Balaban J connectivity index is 1.60. The van der Waals surface area contributed by atoms with Crippen LogP contribution in [0.3, 0.4) is 0 Å². The van der Waals surface area contributed by atoms with Gasteiger partial charge in [0.1, 0.15) is 15.7 Å². The van der Waals surface area contributed by atoms with Crippen LogP contribution in [-0.2, 0) is 32.4 Å². The predicted molar refractivity (Wildman–Crippen MR) is 166 cm³/mol. The highest BCUT2D eigenvalue weighted by molar-refractivity contribution is 7.92. The van der Waals surface area contributed by atoms with Gasteiger partial charge in [0.25, 0.3) is 5.91 Å². The summed E-state index contributed by atoms with van der Waals surface area (Å²) in [5, 5.41) is 0. The molecule has 8 nitrogen and oxygen atoms in total. The summed E-state index contributed by atoms with van der Waals surface area (Å²) < 4.78 is 32.9. The molecule has 2 aromatic carbocycles. The number of hydrogen-bond donors (Lipinski definition) is 1. The zero-order valence-electron chi connectivity index (χ0n) is 25.0. The first kappa shape index (κ1) is 30.5. The number of carbonyl (C=O) groups excluding carboxylic acids is 2. The Bertz CT molecular complexity index is 1390. The molecule has 0 unspecified atom stereocenters. The molecule has 2 bridgehead atoms. The first-order valence-corrected chi connectivity index (χ1v) is 17.3. The molecular formula is C33H45N3O5S. The molecule has 2 aromatic rings. The van der Waals surface area contributed by atoms with Crippen LogP contribution in [0.25, 0.3) is 0 Å². The third-order valence-electron chi connectivity index (χ3n) is 9.07. The van der Waals surface area contributed by atoms with E-state index >= 15 is 0 Å². The van der Waals surface area contributed by atoms with Crippen LogP contribution in [0.5, 0.6) is 5.75 Å². The number of nitrogens with one attached hydrogen (secondary N) is 1. The summed E-state index contributed by atoms with van der Waals surface area (Å²) in [6, 6.07) is 14.0. The van der Waals surface area contributed by atoms with Crippen molar-refractivity contribution < 1.29 is 23.3 Å². The van der Waals surface area contributed by atoms with E-state index in [0.29, 0.717) is 37.0 Å². The zero-order chi connectivity index (χ0) is 29.5. The first-order valence-electron chi connectivity index (χ1n) is 15.6. The average molecular weight is 596 g/mol. The van der Waals surface area contributed by atoms with Gasteiger partial charge in [-0.25, -0.2) is 4.21 Å². The minimum absolute atomic E-state index is 0.144. The van der Waals surface area contributed by atoms with Gasteiger partial charge in [-0.1, -0.05) is 44.0 Å². The summed E-state index contributed by atoms with van der Waals surface area (Å²) >= 11 is 0. The highest BCUT2D eigenvalue weighted by atomic mass is 32.2. The van der Waals surface area contributed by atoms with Crippen LogP contribution in [0.15, 0.2) is 46.8 Å². The van der Waals surface area contributed by atoms with E-state index in [1.165, 1.54) is 11.1 Å². The third kappa shape index (κ3) is 7.35. The van der Waals surface area contributed by atoms with Crippen molar-refractivity contribution in [2.45, 2.75) is 83.8 Å². The number of ether oxygens (including phenoxy) is 2. The van der Waals surface area contributed by atoms with Crippen LogP contribution >= 0.6 is 0 Å². The molecule has 0 radical (unpaired) electrons. The summed E-state index contributed by atoms with van der Waals surface area (Å²) in [5.41, 5.74) is 3.83. The topological polar surface area (TPSA) is 97.3 Å². The molecule has 1 N–H and O–H groups in total. The van der Waals surface area contributed by atoms with E-state index in [-0.39, 0.29) is 24.2 Å². The lowest BCUT2D eigenvalue weighted by atomic mass is 9.69. The molecule has 5 rings (SSSR count). The Morgan fingerprint density at radius 2 is 1.90 bits per heavy atom. The fourth-order valence-electron chi connectivity index (χ4n) is 6.51. The van der Waals surface area contributed by atoms with Crippen molar-refractivity contribution in [2.24, 2.45) is 16.2 Å². The molecule has 0 saturated heterocycles. The Morgan fingerprint density at radius 1 is 1.07 bits per heavy atom. The van der Waals surface area contributed by atoms with Crippen LogP contribution in [0.1, 0.15) is 86.2 Å². The van der Waals surface area contributed by atoms with Crippen molar-refractivity contribution >= 4 is 27.4 Å². The van der Waals surface area contributed by atoms with Crippen LogP contribution in [0, 0.1) is 11.8 Å². The van der Waals surface area contributed by atoms with E-state index in [1.54, 1.807) is 13.0 Å². The quantitative estimate of drug-likeness (QED) is 0.463. The Labute approximate surface area is 250 Å². The monoisotopic (exact) mass is 595 g/mol. The maximum Gasteiger partial charge on any atom is 0.286 e. The second-order valence-electron chi connectivity index (χ2n) is 11.9. The average Bonchev–Trinajstić information content (AvgIpc) is 3.00. The van der Waals surface area contributed by atoms with Crippen LogP contribution in [0.4, 0.5) is 5.69 Å². The van der Waals surface area contributed by atoms with Gasteiger partial charge < -0.3 is 14.4 Å². The van der Waals surface area contributed by atoms with Gasteiger partial charge in [-0.05, 0) is 86.1 Å².